The van der Waals surface area contributed by atoms with Crippen molar-refractivity contribution < 1.29 is 30.4 Å². The number of halogens is 5. The van der Waals surface area contributed by atoms with Crippen molar-refractivity contribution in [1.29, 1.82) is 0 Å². The maximum absolute atomic E-state index is 14.7. The third-order valence-electron chi connectivity index (χ3n) is 5.01. The third-order valence-corrected chi connectivity index (χ3v) is 6.60. The molecule has 1 aliphatic carbocycles. The van der Waals surface area contributed by atoms with Crippen LogP contribution in [0.3, 0.4) is 0 Å². The number of hydrogen-bond acceptors (Lipinski definition) is 2. The van der Waals surface area contributed by atoms with Gasteiger partial charge in [-0.05, 0) is 24.5 Å². The lowest BCUT2D eigenvalue weighted by atomic mass is 9.96. The lowest BCUT2D eigenvalue weighted by Gasteiger charge is -2.24. The second kappa shape index (κ2) is 8.39. The first kappa shape index (κ1) is 21.7. The Bertz CT molecular complexity index is 969. The molecule has 2 aromatic rings. The molecule has 0 saturated heterocycles. The van der Waals surface area contributed by atoms with E-state index in [-0.39, 0.29) is 12.5 Å². The minimum atomic E-state index is -5.23. The molecule has 0 spiro atoms. The number of hydrogen-bond donors (Lipinski definition) is 1. The molecule has 3 rings (SSSR count). The van der Waals surface area contributed by atoms with Crippen molar-refractivity contribution in [2.75, 3.05) is 0 Å². The average Bonchev–Trinajstić information content (AvgIpc) is 2.65. The van der Waals surface area contributed by atoms with Crippen LogP contribution in [0.15, 0.2) is 41.3 Å². The zero-order valence-electron chi connectivity index (χ0n) is 15.4. The Kier molecular flexibility index (Phi) is 6.28. The summed E-state index contributed by atoms with van der Waals surface area (Å²) in [4.78, 5) is -0.877. The normalized spacial score (nSPS) is 16.2. The van der Waals surface area contributed by atoms with Crippen LogP contribution < -0.4 is 4.72 Å². The van der Waals surface area contributed by atoms with E-state index in [4.69, 9.17) is 0 Å². The molecule has 0 aliphatic heterocycles. The quantitative estimate of drug-likeness (QED) is 0.660. The van der Waals surface area contributed by atoms with Gasteiger partial charge < -0.3 is 0 Å². The summed E-state index contributed by atoms with van der Waals surface area (Å²) < 4.78 is 96.6. The summed E-state index contributed by atoms with van der Waals surface area (Å²) in [5, 5.41) is 0. The molecule has 0 radical (unpaired) electrons. The summed E-state index contributed by atoms with van der Waals surface area (Å²) in [7, 11) is -4.49. The van der Waals surface area contributed by atoms with Crippen LogP contribution in [-0.2, 0) is 22.6 Å². The lowest BCUT2D eigenvalue weighted by Crippen LogP contribution is -2.37. The van der Waals surface area contributed by atoms with E-state index in [1.807, 2.05) is 0 Å². The number of nitrogens with one attached hydrogen (secondary N) is 1. The molecule has 158 valence electrons. The summed E-state index contributed by atoms with van der Waals surface area (Å²) in [6.07, 6.45) is -1.98. The van der Waals surface area contributed by atoms with E-state index < -0.39 is 49.9 Å². The van der Waals surface area contributed by atoms with E-state index in [9.17, 15) is 30.4 Å². The fourth-order valence-electron chi connectivity index (χ4n) is 3.55. The van der Waals surface area contributed by atoms with Gasteiger partial charge in [-0.3, -0.25) is 0 Å². The highest BCUT2D eigenvalue weighted by Gasteiger charge is 2.39. The van der Waals surface area contributed by atoms with Crippen molar-refractivity contribution in [2.45, 2.75) is 55.6 Å². The first-order chi connectivity index (χ1) is 13.6. The Hall–Kier alpha value is -2.00. The Morgan fingerprint density at radius 1 is 0.966 bits per heavy atom. The number of benzene rings is 2. The molecule has 9 heteroatoms. The van der Waals surface area contributed by atoms with Crippen molar-refractivity contribution in [3.63, 3.8) is 0 Å². The topological polar surface area (TPSA) is 46.2 Å². The van der Waals surface area contributed by atoms with E-state index in [1.165, 1.54) is 0 Å². The molecule has 0 bridgehead atoms. The predicted octanol–water partition coefficient (Wildman–Crippen LogP) is 5.19. The fraction of sp³-hybridized carbons (Fsp3) is 0.400. The first-order valence-electron chi connectivity index (χ1n) is 9.24. The Morgan fingerprint density at radius 2 is 1.59 bits per heavy atom. The first-order valence-corrected chi connectivity index (χ1v) is 10.7. The van der Waals surface area contributed by atoms with Crippen LogP contribution in [-0.4, -0.2) is 14.5 Å². The SMILES string of the molecule is O=S(=O)(NC1CCCCC1)c1cc(C(F)(F)F)c(F)c(F)c1Cc1ccccc1. The van der Waals surface area contributed by atoms with Crippen LogP contribution in [0.25, 0.3) is 0 Å². The molecule has 29 heavy (non-hydrogen) atoms. The fourth-order valence-corrected chi connectivity index (χ4v) is 5.12. The summed E-state index contributed by atoms with van der Waals surface area (Å²) in [5.41, 5.74) is -2.11. The van der Waals surface area contributed by atoms with Crippen LogP contribution in [0.1, 0.15) is 48.8 Å². The molecule has 0 aromatic heterocycles. The van der Waals surface area contributed by atoms with Crippen LogP contribution in [0, 0.1) is 11.6 Å². The van der Waals surface area contributed by atoms with Gasteiger partial charge in [0.1, 0.15) is 0 Å². The smallest absolute Gasteiger partial charge is 0.208 e. The summed E-state index contributed by atoms with van der Waals surface area (Å²) >= 11 is 0. The van der Waals surface area contributed by atoms with Gasteiger partial charge in [-0.15, -0.1) is 0 Å². The van der Waals surface area contributed by atoms with Crippen LogP contribution in [0.5, 0.6) is 0 Å². The van der Waals surface area contributed by atoms with Gasteiger partial charge in [0.2, 0.25) is 10.0 Å². The molecule has 0 amide bonds. The molecule has 0 unspecified atom stereocenters. The van der Waals surface area contributed by atoms with Gasteiger partial charge in [-0.1, -0.05) is 49.6 Å². The molecule has 0 atom stereocenters. The third kappa shape index (κ3) is 4.95. The minimum Gasteiger partial charge on any atom is -0.208 e. The highest BCUT2D eigenvalue weighted by molar-refractivity contribution is 7.89. The van der Waals surface area contributed by atoms with Crippen molar-refractivity contribution in [3.8, 4) is 0 Å². The molecule has 2 aromatic carbocycles. The zero-order valence-corrected chi connectivity index (χ0v) is 16.2. The molecular weight excluding hydrogens is 413 g/mol. The van der Waals surface area contributed by atoms with Crippen molar-refractivity contribution in [3.05, 3.63) is 64.7 Å². The number of rotatable bonds is 5. The Morgan fingerprint density at radius 3 is 2.17 bits per heavy atom. The molecule has 1 aliphatic rings. The zero-order chi connectivity index (χ0) is 21.2. The summed E-state index contributed by atoms with van der Waals surface area (Å²) in [6.45, 7) is 0. The second-order valence-electron chi connectivity index (χ2n) is 7.15. The molecule has 1 saturated carbocycles. The van der Waals surface area contributed by atoms with Gasteiger partial charge >= 0.3 is 6.18 Å². The minimum absolute atomic E-state index is 0.196. The standard InChI is InChI=1S/C20H20F5NO2S/c21-18-15(11-13-7-3-1-4-8-13)17(12-16(19(18)22)20(23,24)25)29(27,28)26-14-9-5-2-6-10-14/h1,3-4,7-8,12,14,26H,2,5-6,9-11H2. The predicted molar refractivity (Wildman–Crippen MR) is 97.8 cm³/mol. The van der Waals surface area contributed by atoms with Gasteiger partial charge in [-0.2, -0.15) is 13.2 Å². The maximum atomic E-state index is 14.7. The van der Waals surface area contributed by atoms with E-state index in [0.717, 1.165) is 19.3 Å². The van der Waals surface area contributed by atoms with Gasteiger partial charge in [0.05, 0.1) is 10.5 Å². The van der Waals surface area contributed by atoms with E-state index in [2.05, 4.69) is 4.72 Å². The van der Waals surface area contributed by atoms with Crippen LogP contribution in [0.4, 0.5) is 22.0 Å². The van der Waals surface area contributed by atoms with E-state index >= 15 is 0 Å². The van der Waals surface area contributed by atoms with Gasteiger partial charge in [0.25, 0.3) is 0 Å². The molecule has 1 N–H and O–H groups in total. The highest BCUT2D eigenvalue weighted by Crippen LogP contribution is 2.37. The van der Waals surface area contributed by atoms with Crippen molar-refractivity contribution >= 4 is 10.0 Å². The Balaban J connectivity index is 2.12. The van der Waals surface area contributed by atoms with Gasteiger partial charge in [0, 0.05) is 18.0 Å². The Labute approximate surface area is 166 Å². The molecule has 3 nitrogen and oxygen atoms in total. The van der Waals surface area contributed by atoms with Gasteiger partial charge in [0.15, 0.2) is 11.6 Å². The van der Waals surface area contributed by atoms with Crippen LogP contribution >= 0.6 is 0 Å². The number of sulfonamides is 1. The summed E-state index contributed by atoms with van der Waals surface area (Å²) in [6, 6.07) is 7.77. The lowest BCUT2D eigenvalue weighted by molar-refractivity contribution is -0.140. The van der Waals surface area contributed by atoms with E-state index in [1.54, 1.807) is 30.3 Å². The summed E-state index contributed by atoms with van der Waals surface area (Å²) in [5.74, 6) is -3.90. The van der Waals surface area contributed by atoms with Crippen molar-refractivity contribution in [2.24, 2.45) is 0 Å². The molecular formula is C20H20F5NO2S. The monoisotopic (exact) mass is 433 g/mol. The second-order valence-corrected chi connectivity index (χ2v) is 8.83. The maximum Gasteiger partial charge on any atom is 0.419 e. The van der Waals surface area contributed by atoms with E-state index in [0.29, 0.717) is 18.4 Å². The number of alkyl halides is 3. The van der Waals surface area contributed by atoms with Gasteiger partial charge in [-0.25, -0.2) is 21.9 Å². The average molecular weight is 433 g/mol. The molecule has 0 heterocycles. The highest BCUT2D eigenvalue weighted by atomic mass is 32.2. The largest absolute Gasteiger partial charge is 0.419 e. The van der Waals surface area contributed by atoms with Crippen LogP contribution in [0.2, 0.25) is 0 Å². The van der Waals surface area contributed by atoms with Crippen molar-refractivity contribution in [1.82, 2.24) is 4.72 Å². The molecule has 1 fully saturated rings.